The van der Waals surface area contributed by atoms with Crippen molar-refractivity contribution >= 4 is 5.82 Å². The second-order valence-corrected chi connectivity index (χ2v) is 5.10. The summed E-state index contributed by atoms with van der Waals surface area (Å²) in [4.78, 5) is 5.41. The third-order valence-electron chi connectivity index (χ3n) is 2.71. The molecule has 20 heavy (non-hydrogen) atoms. The van der Waals surface area contributed by atoms with Gasteiger partial charge in [0.15, 0.2) is 0 Å². The van der Waals surface area contributed by atoms with Gasteiger partial charge in [-0.15, -0.1) is 0 Å². The van der Waals surface area contributed by atoms with E-state index in [0.29, 0.717) is 31.4 Å². The van der Waals surface area contributed by atoms with E-state index in [2.05, 4.69) is 10.3 Å². The van der Waals surface area contributed by atoms with Crippen molar-refractivity contribution in [3.63, 3.8) is 0 Å². The topological polar surface area (TPSA) is 28.2 Å². The van der Waals surface area contributed by atoms with Crippen LogP contribution in [0.1, 0.15) is 32.8 Å². The molecule has 0 amide bonds. The summed E-state index contributed by atoms with van der Waals surface area (Å²) in [5.74, 6) is 0.373. The number of anilines is 1. The number of rotatable bonds is 7. The van der Waals surface area contributed by atoms with Crippen molar-refractivity contribution in [2.75, 3.05) is 18.0 Å². The molecule has 0 aliphatic heterocycles. The van der Waals surface area contributed by atoms with Gasteiger partial charge in [0.2, 0.25) is 0 Å². The zero-order valence-corrected chi connectivity index (χ0v) is 12.2. The number of nitrogens with one attached hydrogen (secondary N) is 1. The summed E-state index contributed by atoms with van der Waals surface area (Å²) in [7, 11) is 0. The van der Waals surface area contributed by atoms with E-state index in [0.717, 1.165) is 5.56 Å². The molecule has 0 bridgehead atoms. The molecular formula is C14H22F3N3. The summed E-state index contributed by atoms with van der Waals surface area (Å²) in [6.07, 6.45) is -1.94. The van der Waals surface area contributed by atoms with E-state index < -0.39 is 12.7 Å². The van der Waals surface area contributed by atoms with Crippen LogP contribution in [-0.2, 0) is 6.54 Å². The van der Waals surface area contributed by atoms with Crippen molar-refractivity contribution in [2.24, 2.45) is 0 Å². The first-order valence-electron chi connectivity index (χ1n) is 6.82. The third kappa shape index (κ3) is 6.23. The first-order valence-corrected chi connectivity index (χ1v) is 6.82. The van der Waals surface area contributed by atoms with Gasteiger partial charge in [0, 0.05) is 25.3 Å². The Kier molecular flexibility index (Phi) is 6.26. The van der Waals surface area contributed by atoms with Crippen LogP contribution in [0, 0.1) is 0 Å². The van der Waals surface area contributed by atoms with Crippen LogP contribution >= 0.6 is 0 Å². The van der Waals surface area contributed by atoms with Crippen LogP contribution in [0.5, 0.6) is 0 Å². The SMILES string of the molecule is CCCN(CC(F)(F)F)c1ccc(CNC(C)C)cn1. The van der Waals surface area contributed by atoms with E-state index in [-0.39, 0.29) is 0 Å². The molecule has 3 nitrogen and oxygen atoms in total. The Bertz CT molecular complexity index is 388. The molecule has 1 rings (SSSR count). The van der Waals surface area contributed by atoms with Crippen LogP contribution in [0.15, 0.2) is 18.3 Å². The van der Waals surface area contributed by atoms with Crippen molar-refractivity contribution < 1.29 is 13.2 Å². The molecular weight excluding hydrogens is 267 g/mol. The second kappa shape index (κ2) is 7.47. The highest BCUT2D eigenvalue weighted by atomic mass is 19.4. The highest BCUT2D eigenvalue weighted by Gasteiger charge is 2.31. The van der Waals surface area contributed by atoms with Crippen LogP contribution in [-0.4, -0.2) is 30.3 Å². The maximum Gasteiger partial charge on any atom is 0.405 e. The average molecular weight is 289 g/mol. The Labute approximate surface area is 118 Å². The minimum atomic E-state index is -4.21. The molecule has 1 N–H and O–H groups in total. The molecule has 0 aromatic carbocycles. The molecule has 0 unspecified atom stereocenters. The number of nitrogens with zero attached hydrogens (tertiary/aromatic N) is 2. The van der Waals surface area contributed by atoms with E-state index in [1.807, 2.05) is 26.8 Å². The molecule has 1 heterocycles. The molecule has 0 saturated carbocycles. The number of halogens is 3. The monoisotopic (exact) mass is 289 g/mol. The molecule has 0 saturated heterocycles. The van der Waals surface area contributed by atoms with E-state index in [1.165, 1.54) is 4.90 Å². The van der Waals surface area contributed by atoms with Gasteiger partial charge in [0.25, 0.3) is 0 Å². The van der Waals surface area contributed by atoms with Gasteiger partial charge >= 0.3 is 6.18 Å². The normalized spacial score (nSPS) is 11.9. The van der Waals surface area contributed by atoms with Gasteiger partial charge < -0.3 is 10.2 Å². The Hall–Kier alpha value is -1.30. The summed E-state index contributed by atoms with van der Waals surface area (Å²) in [6, 6.07) is 3.83. The van der Waals surface area contributed by atoms with Gasteiger partial charge in [-0.1, -0.05) is 26.8 Å². The summed E-state index contributed by atoms with van der Waals surface area (Å²) in [6.45, 7) is 5.97. The van der Waals surface area contributed by atoms with Crippen molar-refractivity contribution in [3.05, 3.63) is 23.9 Å². The van der Waals surface area contributed by atoms with Gasteiger partial charge in [0.1, 0.15) is 12.4 Å². The van der Waals surface area contributed by atoms with Gasteiger partial charge in [-0.2, -0.15) is 13.2 Å². The molecule has 6 heteroatoms. The Morgan fingerprint density at radius 3 is 2.45 bits per heavy atom. The zero-order valence-electron chi connectivity index (χ0n) is 12.2. The van der Waals surface area contributed by atoms with Crippen LogP contribution in [0.2, 0.25) is 0 Å². The summed E-state index contributed by atoms with van der Waals surface area (Å²) >= 11 is 0. The molecule has 0 aliphatic rings. The molecule has 0 aliphatic carbocycles. The fourth-order valence-corrected chi connectivity index (χ4v) is 1.79. The van der Waals surface area contributed by atoms with E-state index >= 15 is 0 Å². The van der Waals surface area contributed by atoms with Crippen LogP contribution in [0.25, 0.3) is 0 Å². The summed E-state index contributed by atoms with van der Waals surface area (Å²) < 4.78 is 37.6. The fraction of sp³-hybridized carbons (Fsp3) is 0.643. The maximum atomic E-state index is 12.5. The van der Waals surface area contributed by atoms with Crippen molar-refractivity contribution in [1.29, 1.82) is 0 Å². The number of hydrogen-bond donors (Lipinski definition) is 1. The van der Waals surface area contributed by atoms with Crippen molar-refractivity contribution in [2.45, 2.75) is 46.0 Å². The van der Waals surface area contributed by atoms with Gasteiger partial charge in [-0.3, -0.25) is 0 Å². The highest BCUT2D eigenvalue weighted by Crippen LogP contribution is 2.21. The van der Waals surface area contributed by atoms with Crippen molar-refractivity contribution in [1.82, 2.24) is 10.3 Å². The predicted molar refractivity (Wildman–Crippen MR) is 74.8 cm³/mol. The van der Waals surface area contributed by atoms with Crippen molar-refractivity contribution in [3.8, 4) is 0 Å². The van der Waals surface area contributed by atoms with E-state index in [1.54, 1.807) is 12.3 Å². The molecule has 114 valence electrons. The number of alkyl halides is 3. The standard InChI is InChI=1S/C14H22F3N3/c1-4-7-20(10-14(15,16)17)13-6-5-12(9-19-13)8-18-11(2)3/h5-6,9,11,18H,4,7-8,10H2,1-3H3. The number of pyridine rings is 1. The predicted octanol–water partition coefficient (Wildman–Crippen LogP) is 3.36. The Morgan fingerprint density at radius 2 is 2.00 bits per heavy atom. The smallest absolute Gasteiger partial charge is 0.348 e. The van der Waals surface area contributed by atoms with Gasteiger partial charge in [-0.05, 0) is 18.1 Å². The number of aromatic nitrogens is 1. The molecule has 0 radical (unpaired) electrons. The maximum absolute atomic E-state index is 12.5. The number of hydrogen-bond acceptors (Lipinski definition) is 3. The summed E-state index contributed by atoms with van der Waals surface area (Å²) in [5.41, 5.74) is 0.964. The van der Waals surface area contributed by atoms with Crippen LogP contribution in [0.4, 0.5) is 19.0 Å². The molecule has 1 aromatic rings. The van der Waals surface area contributed by atoms with E-state index in [9.17, 15) is 13.2 Å². The Morgan fingerprint density at radius 1 is 1.30 bits per heavy atom. The average Bonchev–Trinajstić information content (AvgIpc) is 2.35. The van der Waals surface area contributed by atoms with Gasteiger partial charge in [0.05, 0.1) is 0 Å². The largest absolute Gasteiger partial charge is 0.405 e. The minimum Gasteiger partial charge on any atom is -0.348 e. The lowest BCUT2D eigenvalue weighted by Crippen LogP contribution is -2.35. The molecule has 0 atom stereocenters. The molecule has 0 fully saturated rings. The Balaban J connectivity index is 2.72. The first-order chi connectivity index (χ1) is 9.31. The lowest BCUT2D eigenvalue weighted by molar-refractivity contribution is -0.119. The third-order valence-corrected chi connectivity index (χ3v) is 2.71. The fourth-order valence-electron chi connectivity index (χ4n) is 1.79. The highest BCUT2D eigenvalue weighted by molar-refractivity contribution is 5.39. The zero-order chi connectivity index (χ0) is 15.2. The quantitative estimate of drug-likeness (QED) is 0.834. The van der Waals surface area contributed by atoms with Gasteiger partial charge in [-0.25, -0.2) is 4.98 Å². The van der Waals surface area contributed by atoms with E-state index in [4.69, 9.17) is 0 Å². The van der Waals surface area contributed by atoms with Crippen LogP contribution < -0.4 is 10.2 Å². The second-order valence-electron chi connectivity index (χ2n) is 5.10. The van der Waals surface area contributed by atoms with Crippen LogP contribution in [0.3, 0.4) is 0 Å². The summed E-state index contributed by atoms with van der Waals surface area (Å²) in [5, 5.41) is 3.24. The minimum absolute atomic E-state index is 0.343. The lowest BCUT2D eigenvalue weighted by Gasteiger charge is -2.24. The lowest BCUT2D eigenvalue weighted by atomic mass is 10.2. The molecule has 0 spiro atoms. The molecule has 1 aromatic heterocycles. The first kappa shape index (κ1) is 16.8.